The minimum absolute atomic E-state index is 0.0413. The molecule has 0 atom stereocenters. The van der Waals surface area contributed by atoms with Crippen molar-refractivity contribution < 1.29 is 14.7 Å². The SMILES string of the molecule is CC(=O)Nc1nc(C(=O)Nc2ccc(CO)cc2)cs1. The number of nitrogens with zero attached hydrogens (tertiary/aromatic N) is 1. The van der Waals surface area contributed by atoms with E-state index in [9.17, 15) is 9.59 Å². The number of aromatic nitrogens is 1. The minimum atomic E-state index is -0.352. The quantitative estimate of drug-likeness (QED) is 0.801. The molecule has 0 spiro atoms. The van der Waals surface area contributed by atoms with E-state index >= 15 is 0 Å². The number of hydrogen-bond acceptors (Lipinski definition) is 5. The highest BCUT2D eigenvalue weighted by atomic mass is 32.1. The lowest BCUT2D eigenvalue weighted by Gasteiger charge is -2.03. The van der Waals surface area contributed by atoms with Gasteiger partial charge in [-0.05, 0) is 17.7 Å². The van der Waals surface area contributed by atoms with Gasteiger partial charge in [-0.25, -0.2) is 4.98 Å². The fourth-order valence-electron chi connectivity index (χ4n) is 1.47. The first-order chi connectivity index (χ1) is 9.58. The van der Waals surface area contributed by atoms with Crippen molar-refractivity contribution in [1.82, 2.24) is 4.98 Å². The van der Waals surface area contributed by atoms with Crippen LogP contribution in [-0.2, 0) is 11.4 Å². The minimum Gasteiger partial charge on any atom is -0.392 e. The lowest BCUT2D eigenvalue weighted by Crippen LogP contribution is -2.13. The van der Waals surface area contributed by atoms with Crippen molar-refractivity contribution in [2.75, 3.05) is 10.6 Å². The Labute approximate surface area is 119 Å². The van der Waals surface area contributed by atoms with Gasteiger partial charge in [0.1, 0.15) is 5.69 Å². The van der Waals surface area contributed by atoms with E-state index in [0.717, 1.165) is 5.56 Å². The van der Waals surface area contributed by atoms with Crippen LogP contribution in [0.2, 0.25) is 0 Å². The molecule has 2 aromatic rings. The molecule has 0 unspecified atom stereocenters. The molecule has 1 heterocycles. The van der Waals surface area contributed by atoms with Crippen molar-refractivity contribution in [1.29, 1.82) is 0 Å². The maximum atomic E-state index is 11.9. The highest BCUT2D eigenvalue weighted by Crippen LogP contribution is 2.17. The van der Waals surface area contributed by atoms with E-state index in [1.807, 2.05) is 0 Å². The number of rotatable bonds is 4. The van der Waals surface area contributed by atoms with Gasteiger partial charge in [0, 0.05) is 18.0 Å². The number of anilines is 2. The smallest absolute Gasteiger partial charge is 0.275 e. The van der Waals surface area contributed by atoms with E-state index in [1.54, 1.807) is 29.6 Å². The molecule has 1 aromatic heterocycles. The molecule has 0 aliphatic rings. The van der Waals surface area contributed by atoms with Crippen LogP contribution in [0.5, 0.6) is 0 Å². The molecule has 1 aromatic carbocycles. The topological polar surface area (TPSA) is 91.3 Å². The van der Waals surface area contributed by atoms with Gasteiger partial charge in [-0.3, -0.25) is 9.59 Å². The highest BCUT2D eigenvalue weighted by molar-refractivity contribution is 7.14. The summed E-state index contributed by atoms with van der Waals surface area (Å²) in [7, 11) is 0. The van der Waals surface area contributed by atoms with Crippen molar-refractivity contribution in [3.05, 3.63) is 40.9 Å². The second-order valence-corrected chi connectivity index (χ2v) is 4.89. The summed E-state index contributed by atoms with van der Waals surface area (Å²) in [4.78, 5) is 26.8. The zero-order valence-corrected chi connectivity index (χ0v) is 11.5. The van der Waals surface area contributed by atoms with E-state index in [-0.39, 0.29) is 24.1 Å². The zero-order valence-electron chi connectivity index (χ0n) is 10.7. The Bertz CT molecular complexity index is 622. The number of carbonyl (C=O) groups is 2. The molecule has 7 heteroatoms. The van der Waals surface area contributed by atoms with Crippen LogP contribution in [0.3, 0.4) is 0 Å². The third-order valence-electron chi connectivity index (χ3n) is 2.41. The van der Waals surface area contributed by atoms with Gasteiger partial charge in [-0.2, -0.15) is 0 Å². The zero-order chi connectivity index (χ0) is 14.5. The van der Waals surface area contributed by atoms with E-state index in [1.165, 1.54) is 18.3 Å². The first-order valence-electron chi connectivity index (χ1n) is 5.83. The monoisotopic (exact) mass is 291 g/mol. The third kappa shape index (κ3) is 3.62. The standard InChI is InChI=1S/C13H13N3O3S/c1-8(18)14-13-16-11(7-20-13)12(19)15-10-4-2-9(6-17)3-5-10/h2-5,7,17H,6H2,1H3,(H,15,19)(H,14,16,18). The number of aliphatic hydroxyl groups is 1. The van der Waals surface area contributed by atoms with Crippen molar-refractivity contribution in [2.45, 2.75) is 13.5 Å². The second-order valence-electron chi connectivity index (χ2n) is 4.03. The van der Waals surface area contributed by atoms with Gasteiger partial charge in [0.25, 0.3) is 5.91 Å². The van der Waals surface area contributed by atoms with Crippen LogP contribution in [0.25, 0.3) is 0 Å². The Hall–Kier alpha value is -2.25. The number of aliphatic hydroxyl groups excluding tert-OH is 1. The number of benzene rings is 1. The van der Waals surface area contributed by atoms with Crippen molar-refractivity contribution in [3.8, 4) is 0 Å². The third-order valence-corrected chi connectivity index (χ3v) is 3.17. The molecule has 0 radical (unpaired) electrons. The maximum Gasteiger partial charge on any atom is 0.275 e. The van der Waals surface area contributed by atoms with Crippen molar-refractivity contribution in [2.24, 2.45) is 0 Å². The van der Waals surface area contributed by atoms with Gasteiger partial charge in [-0.1, -0.05) is 12.1 Å². The fraction of sp³-hybridized carbons (Fsp3) is 0.154. The fourth-order valence-corrected chi connectivity index (χ4v) is 2.21. The van der Waals surface area contributed by atoms with E-state index < -0.39 is 0 Å². The summed E-state index contributed by atoms with van der Waals surface area (Å²) in [5.41, 5.74) is 1.62. The Balaban J connectivity index is 2.03. The molecule has 0 bridgehead atoms. The molecular weight excluding hydrogens is 278 g/mol. The highest BCUT2D eigenvalue weighted by Gasteiger charge is 2.11. The Morgan fingerprint density at radius 3 is 2.55 bits per heavy atom. The second kappa shape index (κ2) is 6.27. The molecule has 2 amide bonds. The number of amides is 2. The van der Waals surface area contributed by atoms with Crippen molar-refractivity contribution in [3.63, 3.8) is 0 Å². The van der Waals surface area contributed by atoms with Crippen LogP contribution < -0.4 is 10.6 Å². The van der Waals surface area contributed by atoms with Crippen LogP contribution >= 0.6 is 11.3 Å². The van der Waals surface area contributed by atoms with Crippen LogP contribution in [0, 0.1) is 0 Å². The average Bonchev–Trinajstić information content (AvgIpc) is 2.87. The predicted octanol–water partition coefficient (Wildman–Crippen LogP) is 1.85. The van der Waals surface area contributed by atoms with Gasteiger partial charge in [0.2, 0.25) is 5.91 Å². The summed E-state index contributed by atoms with van der Waals surface area (Å²) in [5.74, 6) is -0.583. The first-order valence-corrected chi connectivity index (χ1v) is 6.70. The van der Waals surface area contributed by atoms with Crippen LogP contribution in [0.4, 0.5) is 10.8 Å². The molecule has 0 aliphatic heterocycles. The molecule has 0 aliphatic carbocycles. The molecule has 20 heavy (non-hydrogen) atoms. The van der Waals surface area contributed by atoms with Gasteiger partial charge in [0.05, 0.1) is 6.61 Å². The van der Waals surface area contributed by atoms with Gasteiger partial charge in [-0.15, -0.1) is 11.3 Å². The lowest BCUT2D eigenvalue weighted by atomic mass is 10.2. The molecule has 0 saturated heterocycles. The first kappa shape index (κ1) is 14.2. The lowest BCUT2D eigenvalue weighted by molar-refractivity contribution is -0.114. The van der Waals surface area contributed by atoms with E-state index in [4.69, 9.17) is 5.11 Å². The van der Waals surface area contributed by atoms with E-state index in [0.29, 0.717) is 10.8 Å². The summed E-state index contributed by atoms with van der Waals surface area (Å²) in [6.45, 7) is 1.34. The molecule has 3 N–H and O–H groups in total. The summed E-state index contributed by atoms with van der Waals surface area (Å²) >= 11 is 1.19. The number of hydrogen-bond donors (Lipinski definition) is 3. The molecule has 6 nitrogen and oxygen atoms in total. The van der Waals surface area contributed by atoms with Crippen LogP contribution in [0.15, 0.2) is 29.6 Å². The van der Waals surface area contributed by atoms with Gasteiger partial charge in [0.15, 0.2) is 5.13 Å². The van der Waals surface area contributed by atoms with Gasteiger partial charge < -0.3 is 15.7 Å². The Kier molecular flexibility index (Phi) is 4.44. The summed E-state index contributed by atoms with van der Waals surface area (Å²) < 4.78 is 0. The summed E-state index contributed by atoms with van der Waals surface area (Å²) in [5, 5.41) is 16.1. The number of nitrogens with one attached hydrogen (secondary N) is 2. The molecular formula is C13H13N3O3S. The number of carbonyl (C=O) groups excluding carboxylic acids is 2. The molecule has 104 valence electrons. The molecule has 2 rings (SSSR count). The Morgan fingerprint density at radius 2 is 1.95 bits per heavy atom. The average molecular weight is 291 g/mol. The molecule has 0 fully saturated rings. The molecule has 0 saturated carbocycles. The maximum absolute atomic E-state index is 11.9. The predicted molar refractivity (Wildman–Crippen MR) is 76.7 cm³/mol. The number of thiazole rings is 1. The normalized spacial score (nSPS) is 10.1. The summed E-state index contributed by atoms with van der Waals surface area (Å²) in [6.07, 6.45) is 0. The summed E-state index contributed by atoms with van der Waals surface area (Å²) in [6, 6.07) is 6.84. The van der Waals surface area contributed by atoms with E-state index in [2.05, 4.69) is 15.6 Å². The van der Waals surface area contributed by atoms with Crippen LogP contribution in [0.1, 0.15) is 23.0 Å². The largest absolute Gasteiger partial charge is 0.392 e. The Morgan fingerprint density at radius 1 is 1.25 bits per heavy atom. The van der Waals surface area contributed by atoms with Crippen LogP contribution in [-0.4, -0.2) is 21.9 Å². The van der Waals surface area contributed by atoms with Gasteiger partial charge >= 0.3 is 0 Å². The van der Waals surface area contributed by atoms with Crippen molar-refractivity contribution >= 4 is 34.0 Å².